The first-order chi connectivity index (χ1) is 8.70. The zero-order chi connectivity index (χ0) is 12.6. The molecule has 1 aliphatic carbocycles. The molecule has 3 N–H and O–H groups in total. The molecule has 0 amide bonds. The number of fused-ring (bicyclic) bond motifs is 1. The Hall–Kier alpha value is -0.870. The summed E-state index contributed by atoms with van der Waals surface area (Å²) in [6.45, 7) is 7.86. The summed E-state index contributed by atoms with van der Waals surface area (Å²) in [5.74, 6) is 0.808. The third-order valence-electron chi connectivity index (χ3n) is 4.80. The summed E-state index contributed by atoms with van der Waals surface area (Å²) in [6.07, 6.45) is 5.65. The Labute approximate surface area is 109 Å². The van der Waals surface area contributed by atoms with Crippen molar-refractivity contribution in [1.29, 1.82) is 0 Å². The molecule has 1 fully saturated rings. The number of rotatable bonds is 5. The van der Waals surface area contributed by atoms with E-state index >= 15 is 0 Å². The summed E-state index contributed by atoms with van der Waals surface area (Å²) in [6, 6.07) is 0.531. The van der Waals surface area contributed by atoms with Crippen molar-refractivity contribution in [3.8, 4) is 0 Å². The fourth-order valence-electron chi connectivity index (χ4n) is 2.99. The van der Waals surface area contributed by atoms with Crippen LogP contribution < -0.4 is 10.6 Å². The van der Waals surface area contributed by atoms with Crippen molar-refractivity contribution in [1.82, 2.24) is 20.6 Å². The highest BCUT2D eigenvalue weighted by atomic mass is 15.0. The van der Waals surface area contributed by atoms with Crippen molar-refractivity contribution in [2.75, 3.05) is 13.1 Å². The summed E-state index contributed by atoms with van der Waals surface area (Å²) < 4.78 is 0. The first kappa shape index (κ1) is 12.2. The van der Waals surface area contributed by atoms with E-state index in [0.717, 1.165) is 25.4 Å². The van der Waals surface area contributed by atoms with Crippen LogP contribution >= 0.6 is 0 Å². The summed E-state index contributed by atoms with van der Waals surface area (Å²) in [7, 11) is 0. The van der Waals surface area contributed by atoms with Gasteiger partial charge in [0.2, 0.25) is 0 Å². The maximum Gasteiger partial charge on any atom is 0.0925 e. The molecule has 0 saturated heterocycles. The predicted molar refractivity (Wildman–Crippen MR) is 72.3 cm³/mol. The number of aromatic nitrogens is 2. The summed E-state index contributed by atoms with van der Waals surface area (Å²) in [4.78, 5) is 7.57. The van der Waals surface area contributed by atoms with Crippen LogP contribution in [0.5, 0.6) is 0 Å². The molecule has 100 valence electrons. The second-order valence-corrected chi connectivity index (χ2v) is 6.26. The number of imidazole rings is 1. The van der Waals surface area contributed by atoms with Gasteiger partial charge in [0.15, 0.2) is 0 Å². The fraction of sp³-hybridized carbons (Fsp3) is 0.786. The predicted octanol–water partition coefficient (Wildman–Crippen LogP) is 1.45. The smallest absolute Gasteiger partial charge is 0.0925 e. The number of hydrogen-bond donors (Lipinski definition) is 3. The van der Waals surface area contributed by atoms with E-state index in [-0.39, 0.29) is 0 Å². The van der Waals surface area contributed by atoms with Crippen molar-refractivity contribution in [2.45, 2.75) is 45.7 Å². The molecule has 0 bridgehead atoms. The number of nitrogens with one attached hydrogen (secondary N) is 3. The van der Waals surface area contributed by atoms with Crippen LogP contribution in [0.2, 0.25) is 0 Å². The molecule has 4 heteroatoms. The Morgan fingerprint density at radius 1 is 1.50 bits per heavy atom. The molecule has 3 rings (SSSR count). The fourth-order valence-corrected chi connectivity index (χ4v) is 2.99. The molecule has 0 aromatic carbocycles. The standard InChI is InChI=1S/C14H24N4/c1-10(2)14(3-4-14)8-15-6-11-5-12-13(7-16-11)18-9-17-12/h9-11,15-16H,3-8H2,1-2H3,(H,17,18). The molecule has 1 atom stereocenters. The molecular formula is C14H24N4. The van der Waals surface area contributed by atoms with Crippen LogP contribution in [0.15, 0.2) is 6.33 Å². The Bertz CT molecular complexity index is 406. The van der Waals surface area contributed by atoms with Crippen LogP contribution in [-0.2, 0) is 13.0 Å². The van der Waals surface area contributed by atoms with Crippen molar-refractivity contribution in [2.24, 2.45) is 11.3 Å². The summed E-state index contributed by atoms with van der Waals surface area (Å²) >= 11 is 0. The minimum Gasteiger partial charge on any atom is -0.347 e. The monoisotopic (exact) mass is 248 g/mol. The van der Waals surface area contributed by atoms with Crippen LogP contribution in [0.25, 0.3) is 0 Å². The highest BCUT2D eigenvalue weighted by Crippen LogP contribution is 2.51. The molecule has 0 radical (unpaired) electrons. The molecule has 1 aromatic rings. The quantitative estimate of drug-likeness (QED) is 0.739. The van der Waals surface area contributed by atoms with Gasteiger partial charge in [0.1, 0.15) is 0 Å². The number of aromatic amines is 1. The number of H-pyrrole nitrogens is 1. The van der Waals surface area contributed by atoms with E-state index in [1.165, 1.54) is 30.8 Å². The lowest BCUT2D eigenvalue weighted by Gasteiger charge is -2.26. The Morgan fingerprint density at radius 3 is 3.06 bits per heavy atom. The normalized spacial score (nSPS) is 25.2. The van der Waals surface area contributed by atoms with Gasteiger partial charge < -0.3 is 15.6 Å². The molecule has 18 heavy (non-hydrogen) atoms. The molecule has 1 aliphatic heterocycles. The van der Waals surface area contributed by atoms with Gasteiger partial charge in [-0.3, -0.25) is 0 Å². The van der Waals surface area contributed by atoms with E-state index in [9.17, 15) is 0 Å². The Balaban J connectivity index is 1.45. The highest BCUT2D eigenvalue weighted by molar-refractivity contribution is 5.16. The minimum absolute atomic E-state index is 0.531. The zero-order valence-corrected chi connectivity index (χ0v) is 11.4. The Morgan fingerprint density at radius 2 is 2.33 bits per heavy atom. The lowest BCUT2D eigenvalue weighted by Crippen LogP contribution is -2.44. The van der Waals surface area contributed by atoms with Gasteiger partial charge in [0, 0.05) is 32.1 Å². The average Bonchev–Trinajstić information content (AvgIpc) is 3.00. The topological polar surface area (TPSA) is 52.7 Å². The van der Waals surface area contributed by atoms with Crippen LogP contribution in [0, 0.1) is 11.3 Å². The molecule has 2 heterocycles. The average molecular weight is 248 g/mol. The van der Waals surface area contributed by atoms with Gasteiger partial charge in [-0.25, -0.2) is 4.98 Å². The zero-order valence-electron chi connectivity index (χ0n) is 11.4. The van der Waals surface area contributed by atoms with E-state index in [1.807, 2.05) is 0 Å². The molecule has 1 aromatic heterocycles. The van der Waals surface area contributed by atoms with Gasteiger partial charge in [-0.2, -0.15) is 0 Å². The maximum atomic E-state index is 4.38. The molecule has 1 unspecified atom stereocenters. The number of nitrogens with zero attached hydrogens (tertiary/aromatic N) is 1. The molecule has 4 nitrogen and oxygen atoms in total. The van der Waals surface area contributed by atoms with E-state index in [0.29, 0.717) is 11.5 Å². The largest absolute Gasteiger partial charge is 0.347 e. The number of hydrogen-bond acceptors (Lipinski definition) is 3. The van der Waals surface area contributed by atoms with E-state index in [4.69, 9.17) is 0 Å². The van der Waals surface area contributed by atoms with Gasteiger partial charge in [0.25, 0.3) is 0 Å². The lowest BCUT2D eigenvalue weighted by molar-refractivity contribution is 0.325. The van der Waals surface area contributed by atoms with Crippen molar-refractivity contribution < 1.29 is 0 Å². The van der Waals surface area contributed by atoms with Crippen molar-refractivity contribution >= 4 is 0 Å². The first-order valence-corrected chi connectivity index (χ1v) is 7.15. The highest BCUT2D eigenvalue weighted by Gasteiger charge is 2.44. The van der Waals surface area contributed by atoms with Crippen molar-refractivity contribution in [3.63, 3.8) is 0 Å². The third kappa shape index (κ3) is 2.31. The maximum absolute atomic E-state index is 4.38. The summed E-state index contributed by atoms with van der Waals surface area (Å²) in [5, 5.41) is 7.23. The second-order valence-electron chi connectivity index (χ2n) is 6.26. The van der Waals surface area contributed by atoms with Crippen molar-refractivity contribution in [3.05, 3.63) is 17.7 Å². The van der Waals surface area contributed by atoms with E-state index in [1.54, 1.807) is 6.33 Å². The van der Waals surface area contributed by atoms with Gasteiger partial charge >= 0.3 is 0 Å². The van der Waals surface area contributed by atoms with Gasteiger partial charge in [-0.05, 0) is 24.2 Å². The Kier molecular flexibility index (Phi) is 3.16. The van der Waals surface area contributed by atoms with Crippen LogP contribution in [-0.4, -0.2) is 29.1 Å². The first-order valence-electron chi connectivity index (χ1n) is 7.15. The van der Waals surface area contributed by atoms with Crippen LogP contribution in [0.4, 0.5) is 0 Å². The van der Waals surface area contributed by atoms with E-state index < -0.39 is 0 Å². The van der Waals surface area contributed by atoms with Gasteiger partial charge in [-0.15, -0.1) is 0 Å². The molecular weight excluding hydrogens is 224 g/mol. The lowest BCUT2D eigenvalue weighted by atomic mass is 9.92. The van der Waals surface area contributed by atoms with Crippen LogP contribution in [0.3, 0.4) is 0 Å². The summed E-state index contributed by atoms with van der Waals surface area (Å²) in [5.41, 5.74) is 3.10. The third-order valence-corrected chi connectivity index (χ3v) is 4.80. The second kappa shape index (κ2) is 4.67. The molecule has 1 saturated carbocycles. The van der Waals surface area contributed by atoms with Gasteiger partial charge in [0.05, 0.1) is 17.7 Å². The van der Waals surface area contributed by atoms with E-state index in [2.05, 4.69) is 34.4 Å². The van der Waals surface area contributed by atoms with Gasteiger partial charge in [-0.1, -0.05) is 13.8 Å². The van der Waals surface area contributed by atoms with Crippen LogP contribution in [0.1, 0.15) is 38.1 Å². The molecule has 0 spiro atoms. The molecule has 2 aliphatic rings. The SMILES string of the molecule is CC(C)C1(CNCC2Cc3nc[nH]c3CN2)CC1. The minimum atomic E-state index is 0.531.